The largest absolute Gasteiger partial charge is 0.494 e. The predicted octanol–water partition coefficient (Wildman–Crippen LogP) is 4.57. The summed E-state index contributed by atoms with van der Waals surface area (Å²) in [5.41, 5.74) is 7.32. The van der Waals surface area contributed by atoms with Crippen molar-refractivity contribution in [2.45, 2.75) is 52.2 Å². The van der Waals surface area contributed by atoms with Crippen molar-refractivity contribution in [2.24, 2.45) is 0 Å². The fourth-order valence-electron chi connectivity index (χ4n) is 5.43. The van der Waals surface area contributed by atoms with Crippen molar-refractivity contribution in [3.63, 3.8) is 0 Å². The Morgan fingerprint density at radius 2 is 2.03 bits per heavy atom. The molecule has 0 bridgehead atoms. The van der Waals surface area contributed by atoms with Crippen LogP contribution in [-0.4, -0.2) is 58.8 Å². The third kappa shape index (κ3) is 4.95. The number of rotatable bonds is 5. The smallest absolute Gasteiger partial charge is 0.317 e. The van der Waals surface area contributed by atoms with Gasteiger partial charge in [-0.1, -0.05) is 18.2 Å². The van der Waals surface area contributed by atoms with Crippen LogP contribution in [0.3, 0.4) is 0 Å². The maximum absolute atomic E-state index is 14.3. The lowest BCUT2D eigenvalue weighted by atomic mass is 10.00. The minimum atomic E-state index is -0.431. The lowest BCUT2D eigenvalue weighted by Crippen LogP contribution is -2.52. The molecule has 0 spiro atoms. The van der Waals surface area contributed by atoms with Gasteiger partial charge in [0, 0.05) is 48.9 Å². The van der Waals surface area contributed by atoms with E-state index < -0.39 is 5.82 Å². The van der Waals surface area contributed by atoms with E-state index >= 15 is 0 Å². The zero-order valence-electron chi connectivity index (χ0n) is 21.2. The number of carbonyl (C=O) groups is 1. The third-order valence-electron chi connectivity index (χ3n) is 7.51. The highest BCUT2D eigenvalue weighted by Crippen LogP contribution is 2.31. The van der Waals surface area contributed by atoms with Crippen LogP contribution in [0.15, 0.2) is 36.4 Å². The Labute approximate surface area is 211 Å². The van der Waals surface area contributed by atoms with Crippen LogP contribution in [0.4, 0.5) is 9.18 Å². The van der Waals surface area contributed by atoms with Crippen molar-refractivity contribution < 1.29 is 13.9 Å². The number of amides is 2. The quantitative estimate of drug-likeness (QED) is 0.548. The number of aromatic amines is 1. The number of hydrogen-bond acceptors (Lipinski definition) is 4. The first kappa shape index (κ1) is 24.3. The standard InChI is InChI=1S/C28H34FN5O2/c1-18-6-4-7-19(2)22(18)16-33-12-5-8-21(15-33)30-28(35)34-13-11-25-23(17-34)27(32-31-25)20-9-10-26(36-3)24(29)14-20/h4,6-7,9-10,14,21H,5,8,11-13,15-17H2,1-3H3,(H,30,35)(H,31,32). The molecule has 0 aliphatic carbocycles. The topological polar surface area (TPSA) is 73.5 Å². The second-order valence-electron chi connectivity index (χ2n) is 9.94. The Balaban J connectivity index is 1.24. The zero-order chi connectivity index (χ0) is 25.2. The average Bonchev–Trinajstić information content (AvgIpc) is 3.30. The summed E-state index contributed by atoms with van der Waals surface area (Å²) in [4.78, 5) is 17.5. The van der Waals surface area contributed by atoms with Crippen molar-refractivity contribution in [1.29, 1.82) is 0 Å². The number of fused-ring (bicyclic) bond motifs is 1. The fraction of sp³-hybridized carbons (Fsp3) is 0.429. The van der Waals surface area contributed by atoms with Gasteiger partial charge in [-0.15, -0.1) is 0 Å². The maximum atomic E-state index is 14.3. The molecule has 0 radical (unpaired) electrons. The monoisotopic (exact) mass is 491 g/mol. The number of halogens is 1. The molecular formula is C28H34FN5O2. The van der Waals surface area contributed by atoms with Gasteiger partial charge in [-0.25, -0.2) is 9.18 Å². The van der Waals surface area contributed by atoms with Crippen molar-refractivity contribution in [3.05, 3.63) is 70.2 Å². The van der Waals surface area contributed by atoms with E-state index in [0.29, 0.717) is 30.8 Å². The van der Waals surface area contributed by atoms with Gasteiger partial charge >= 0.3 is 6.03 Å². The fourth-order valence-corrected chi connectivity index (χ4v) is 5.43. The molecule has 2 aromatic carbocycles. The van der Waals surface area contributed by atoms with Gasteiger partial charge in [-0.05, 0) is 68.1 Å². The summed E-state index contributed by atoms with van der Waals surface area (Å²) in [5, 5.41) is 10.8. The summed E-state index contributed by atoms with van der Waals surface area (Å²) in [6.07, 6.45) is 2.74. The highest BCUT2D eigenvalue weighted by Gasteiger charge is 2.29. The minimum absolute atomic E-state index is 0.0485. The lowest BCUT2D eigenvalue weighted by molar-refractivity contribution is 0.160. The lowest BCUT2D eigenvalue weighted by Gasteiger charge is -2.35. The van der Waals surface area contributed by atoms with Crippen LogP contribution in [0, 0.1) is 19.7 Å². The van der Waals surface area contributed by atoms with Crippen molar-refractivity contribution in [3.8, 4) is 17.0 Å². The van der Waals surface area contributed by atoms with Crippen LogP contribution in [-0.2, 0) is 19.5 Å². The molecule has 2 aliphatic heterocycles. The Kier molecular flexibility index (Phi) is 6.96. The Morgan fingerprint density at radius 1 is 1.22 bits per heavy atom. The molecule has 1 saturated heterocycles. The molecule has 1 atom stereocenters. The Morgan fingerprint density at radius 3 is 2.78 bits per heavy atom. The van der Waals surface area contributed by atoms with Crippen molar-refractivity contribution in [1.82, 2.24) is 25.3 Å². The number of nitrogens with zero attached hydrogens (tertiary/aromatic N) is 3. The van der Waals surface area contributed by atoms with Gasteiger partial charge in [0.2, 0.25) is 0 Å². The highest BCUT2D eigenvalue weighted by atomic mass is 19.1. The molecular weight excluding hydrogens is 457 g/mol. The molecule has 1 aromatic heterocycles. The number of urea groups is 1. The molecule has 3 heterocycles. The van der Waals surface area contributed by atoms with Gasteiger partial charge in [-0.3, -0.25) is 10.00 Å². The maximum Gasteiger partial charge on any atom is 0.317 e. The minimum Gasteiger partial charge on any atom is -0.494 e. The number of ether oxygens (including phenoxy) is 1. The second kappa shape index (κ2) is 10.3. The van der Waals surface area contributed by atoms with Crippen LogP contribution in [0.5, 0.6) is 5.75 Å². The zero-order valence-corrected chi connectivity index (χ0v) is 21.2. The third-order valence-corrected chi connectivity index (χ3v) is 7.51. The molecule has 36 heavy (non-hydrogen) atoms. The molecule has 2 aliphatic rings. The first-order valence-corrected chi connectivity index (χ1v) is 12.7. The number of aryl methyl sites for hydroxylation is 2. The molecule has 2 N–H and O–H groups in total. The number of aromatic nitrogens is 2. The summed E-state index contributed by atoms with van der Waals surface area (Å²) in [5.74, 6) is -0.233. The van der Waals surface area contributed by atoms with E-state index in [1.807, 2.05) is 4.90 Å². The normalized spacial score (nSPS) is 18.1. The summed E-state index contributed by atoms with van der Waals surface area (Å²) < 4.78 is 19.3. The summed E-state index contributed by atoms with van der Waals surface area (Å²) in [6.45, 7) is 8.20. The van der Waals surface area contributed by atoms with E-state index in [1.165, 1.54) is 29.9 Å². The van der Waals surface area contributed by atoms with Crippen LogP contribution in [0.1, 0.15) is 40.8 Å². The van der Waals surface area contributed by atoms with E-state index in [2.05, 4.69) is 52.5 Å². The highest BCUT2D eigenvalue weighted by molar-refractivity contribution is 5.76. The molecule has 2 amide bonds. The summed E-state index contributed by atoms with van der Waals surface area (Å²) in [6, 6.07) is 11.3. The molecule has 3 aromatic rings. The van der Waals surface area contributed by atoms with Gasteiger partial charge in [0.05, 0.1) is 19.3 Å². The van der Waals surface area contributed by atoms with Crippen LogP contribution in [0.2, 0.25) is 0 Å². The molecule has 8 heteroatoms. The molecule has 1 fully saturated rings. The van der Waals surface area contributed by atoms with Crippen molar-refractivity contribution in [2.75, 3.05) is 26.7 Å². The Bertz CT molecular complexity index is 1240. The molecule has 5 rings (SSSR count). The van der Waals surface area contributed by atoms with E-state index in [-0.39, 0.29) is 17.8 Å². The number of H-pyrrole nitrogens is 1. The summed E-state index contributed by atoms with van der Waals surface area (Å²) >= 11 is 0. The van der Waals surface area contributed by atoms with Gasteiger partial charge < -0.3 is 15.0 Å². The first-order valence-electron chi connectivity index (χ1n) is 12.7. The number of nitrogens with one attached hydrogen (secondary N) is 2. The predicted molar refractivity (Wildman–Crippen MR) is 137 cm³/mol. The number of carbonyl (C=O) groups excluding carboxylic acids is 1. The molecule has 7 nitrogen and oxygen atoms in total. The summed E-state index contributed by atoms with van der Waals surface area (Å²) in [7, 11) is 1.44. The number of benzene rings is 2. The number of hydrogen-bond donors (Lipinski definition) is 2. The Hall–Kier alpha value is -3.39. The van der Waals surface area contributed by atoms with Crippen LogP contribution in [0.25, 0.3) is 11.3 Å². The van der Waals surface area contributed by atoms with E-state index in [4.69, 9.17) is 4.74 Å². The van der Waals surface area contributed by atoms with E-state index in [9.17, 15) is 9.18 Å². The SMILES string of the molecule is COc1ccc(-c2n[nH]c3c2CN(C(=O)NC2CCCN(Cc4c(C)cccc4C)C2)CC3)cc1F. The van der Waals surface area contributed by atoms with Crippen molar-refractivity contribution >= 4 is 6.03 Å². The average molecular weight is 492 g/mol. The van der Waals surface area contributed by atoms with E-state index in [0.717, 1.165) is 43.7 Å². The van der Waals surface area contributed by atoms with Gasteiger partial charge in [0.15, 0.2) is 11.6 Å². The number of methoxy groups -OCH3 is 1. The van der Waals surface area contributed by atoms with E-state index in [1.54, 1.807) is 12.1 Å². The van der Waals surface area contributed by atoms with Gasteiger partial charge in [-0.2, -0.15) is 5.10 Å². The van der Waals surface area contributed by atoms with Gasteiger partial charge in [0.25, 0.3) is 0 Å². The number of likely N-dealkylation sites (tertiary alicyclic amines) is 1. The van der Waals surface area contributed by atoms with Gasteiger partial charge in [0.1, 0.15) is 0 Å². The molecule has 1 unspecified atom stereocenters. The molecule has 190 valence electrons. The molecule has 0 saturated carbocycles. The number of piperidine rings is 1. The first-order chi connectivity index (χ1) is 17.4. The second-order valence-corrected chi connectivity index (χ2v) is 9.94. The van der Waals surface area contributed by atoms with Crippen LogP contribution < -0.4 is 10.1 Å². The van der Waals surface area contributed by atoms with Crippen LogP contribution >= 0.6 is 0 Å².